The normalized spacial score (nSPS) is 17.1. The smallest absolute Gasteiger partial charge is 0.253 e. The van der Waals surface area contributed by atoms with E-state index in [9.17, 15) is 14.7 Å². The summed E-state index contributed by atoms with van der Waals surface area (Å²) in [6, 6.07) is 24.2. The topological polar surface area (TPSA) is 70.1 Å². The molecule has 0 aromatic heterocycles. The summed E-state index contributed by atoms with van der Waals surface area (Å²) in [5.74, 6) is 6.44. The number of carbonyl (C=O) groups excluding carboxylic acids is 2. The molecule has 2 amide bonds. The molecule has 2 saturated heterocycles. The minimum atomic E-state index is -0.238. The number of amides is 2. The molecule has 3 aromatic rings. The minimum absolute atomic E-state index is 0.0515. The number of hydrogen-bond acceptors (Lipinski definition) is 4. The number of phenols is 1. The molecule has 1 atom stereocenters. The number of hydrogen-bond donors (Lipinski definition) is 1. The lowest BCUT2D eigenvalue weighted by Crippen LogP contribution is -2.45. The van der Waals surface area contributed by atoms with Gasteiger partial charge in [-0.05, 0) is 86.7 Å². The fourth-order valence-electron chi connectivity index (χ4n) is 5.40. The van der Waals surface area contributed by atoms with Crippen LogP contribution in [0, 0.1) is 11.8 Å². The van der Waals surface area contributed by atoms with Crippen molar-refractivity contribution in [1.29, 1.82) is 0 Å². The van der Waals surface area contributed by atoms with Crippen LogP contribution in [-0.4, -0.2) is 65.1 Å². The van der Waals surface area contributed by atoms with E-state index in [1.165, 1.54) is 0 Å². The van der Waals surface area contributed by atoms with Gasteiger partial charge in [0.15, 0.2) is 0 Å². The van der Waals surface area contributed by atoms with Crippen LogP contribution in [0.5, 0.6) is 5.75 Å². The zero-order valence-electron chi connectivity index (χ0n) is 23.0. The molecule has 0 radical (unpaired) electrons. The van der Waals surface area contributed by atoms with E-state index in [0.717, 1.165) is 42.4 Å². The summed E-state index contributed by atoms with van der Waals surface area (Å²) in [5, 5.41) is 9.51. The zero-order chi connectivity index (χ0) is 27.9. The average Bonchev–Trinajstić information content (AvgIpc) is 3.01. The molecule has 0 bridgehead atoms. The summed E-state index contributed by atoms with van der Waals surface area (Å²) in [5.41, 5.74) is 3.44. The summed E-state index contributed by atoms with van der Waals surface area (Å²) in [4.78, 5) is 29.9. The Morgan fingerprint density at radius 3 is 1.85 bits per heavy atom. The number of phenolic OH excluding ortho intramolecular Hbond substituents is 1. The molecule has 0 spiro atoms. The van der Waals surface area contributed by atoms with Gasteiger partial charge in [0.1, 0.15) is 5.75 Å². The minimum Gasteiger partial charge on any atom is -0.508 e. The molecule has 2 aliphatic rings. The maximum absolute atomic E-state index is 13.1. The highest BCUT2D eigenvalue weighted by Gasteiger charge is 2.30. The first kappa shape index (κ1) is 27.5. The first-order valence-electron chi connectivity index (χ1n) is 14.2. The highest BCUT2D eigenvalue weighted by molar-refractivity contribution is 5.94. The summed E-state index contributed by atoms with van der Waals surface area (Å²) in [7, 11) is 0. The van der Waals surface area contributed by atoms with Gasteiger partial charge in [0.05, 0.1) is 18.1 Å². The van der Waals surface area contributed by atoms with Gasteiger partial charge in [0.2, 0.25) is 5.91 Å². The van der Waals surface area contributed by atoms with Crippen LogP contribution in [0.4, 0.5) is 0 Å². The third-order valence-corrected chi connectivity index (χ3v) is 7.89. The maximum Gasteiger partial charge on any atom is 0.253 e. The standard InChI is InChI=1S/C34H36N2O4/c1-25(28-13-15-30(37)16-14-28)33(38)35-21-17-31(18-22-35)40-32-19-23-36(24-20-32)34(39)29-11-9-27(10-12-29)8-7-26-5-3-2-4-6-26/h2-6,9-16,25,31-32,37H,17-24H2,1H3. The van der Waals surface area contributed by atoms with Crippen molar-refractivity contribution in [3.8, 4) is 17.6 Å². The number of piperidine rings is 2. The van der Waals surface area contributed by atoms with Crippen LogP contribution in [0.15, 0.2) is 78.9 Å². The van der Waals surface area contributed by atoms with Crippen molar-refractivity contribution in [2.75, 3.05) is 26.2 Å². The molecule has 1 unspecified atom stereocenters. The van der Waals surface area contributed by atoms with Crippen molar-refractivity contribution in [2.45, 2.75) is 50.7 Å². The fraction of sp³-hybridized carbons (Fsp3) is 0.353. The van der Waals surface area contributed by atoms with Crippen LogP contribution in [-0.2, 0) is 9.53 Å². The van der Waals surface area contributed by atoms with Crippen LogP contribution < -0.4 is 0 Å². The monoisotopic (exact) mass is 536 g/mol. The molecule has 2 fully saturated rings. The SMILES string of the molecule is CC(C(=O)N1CCC(OC2CCN(C(=O)c3ccc(C#Cc4ccccc4)cc3)CC2)CC1)c1ccc(O)cc1. The molecule has 0 saturated carbocycles. The first-order chi connectivity index (χ1) is 19.5. The molecular weight excluding hydrogens is 500 g/mol. The van der Waals surface area contributed by atoms with Gasteiger partial charge >= 0.3 is 0 Å². The Kier molecular flexibility index (Phi) is 8.83. The Hall–Kier alpha value is -4.08. The van der Waals surface area contributed by atoms with E-state index in [2.05, 4.69) is 11.8 Å². The third kappa shape index (κ3) is 6.91. The number of aromatic hydroxyl groups is 1. The van der Waals surface area contributed by atoms with Gasteiger partial charge in [0, 0.05) is 42.9 Å². The van der Waals surface area contributed by atoms with E-state index in [4.69, 9.17) is 4.74 Å². The molecule has 206 valence electrons. The van der Waals surface area contributed by atoms with Gasteiger partial charge in [-0.1, -0.05) is 42.2 Å². The van der Waals surface area contributed by atoms with E-state index < -0.39 is 0 Å². The first-order valence-corrected chi connectivity index (χ1v) is 14.2. The molecule has 40 heavy (non-hydrogen) atoms. The van der Waals surface area contributed by atoms with Crippen LogP contribution in [0.3, 0.4) is 0 Å². The molecule has 0 aliphatic carbocycles. The molecule has 2 aliphatic heterocycles. The molecule has 5 rings (SSSR count). The van der Waals surface area contributed by atoms with Crippen LogP contribution in [0.25, 0.3) is 0 Å². The van der Waals surface area contributed by atoms with Crippen LogP contribution in [0.2, 0.25) is 0 Å². The van der Waals surface area contributed by atoms with Crippen molar-refractivity contribution in [3.05, 3.63) is 101 Å². The lowest BCUT2D eigenvalue weighted by Gasteiger charge is -2.37. The van der Waals surface area contributed by atoms with Crippen molar-refractivity contribution in [1.82, 2.24) is 9.80 Å². The van der Waals surface area contributed by atoms with Crippen LogP contribution in [0.1, 0.15) is 65.6 Å². The van der Waals surface area contributed by atoms with Gasteiger partial charge in [0.25, 0.3) is 5.91 Å². The third-order valence-electron chi connectivity index (χ3n) is 7.89. The number of benzene rings is 3. The zero-order valence-corrected chi connectivity index (χ0v) is 23.0. The quantitative estimate of drug-likeness (QED) is 0.455. The van der Waals surface area contributed by atoms with Crippen molar-refractivity contribution < 1.29 is 19.4 Å². The second kappa shape index (κ2) is 12.8. The van der Waals surface area contributed by atoms with Gasteiger partial charge < -0.3 is 19.6 Å². The van der Waals surface area contributed by atoms with Gasteiger partial charge in [-0.2, -0.15) is 0 Å². The molecule has 2 heterocycles. The van der Waals surface area contributed by atoms with Crippen molar-refractivity contribution in [3.63, 3.8) is 0 Å². The Morgan fingerprint density at radius 1 is 0.750 bits per heavy atom. The van der Waals surface area contributed by atoms with Crippen molar-refractivity contribution >= 4 is 11.8 Å². The van der Waals surface area contributed by atoms with E-state index >= 15 is 0 Å². The summed E-state index contributed by atoms with van der Waals surface area (Å²) >= 11 is 0. The second-order valence-corrected chi connectivity index (χ2v) is 10.7. The number of ether oxygens (including phenoxy) is 1. The lowest BCUT2D eigenvalue weighted by atomic mass is 9.97. The summed E-state index contributed by atoms with van der Waals surface area (Å²) in [6.07, 6.45) is 3.58. The molecular formula is C34H36N2O4. The van der Waals surface area contributed by atoms with E-state index in [0.29, 0.717) is 31.7 Å². The summed E-state index contributed by atoms with van der Waals surface area (Å²) in [6.45, 7) is 4.66. The Morgan fingerprint density at radius 2 is 1.27 bits per heavy atom. The average molecular weight is 537 g/mol. The number of likely N-dealkylation sites (tertiary alicyclic amines) is 2. The van der Waals surface area contributed by atoms with E-state index in [1.807, 2.05) is 83.5 Å². The highest BCUT2D eigenvalue weighted by Crippen LogP contribution is 2.25. The van der Waals surface area contributed by atoms with E-state index in [-0.39, 0.29) is 35.7 Å². The molecule has 3 aromatic carbocycles. The van der Waals surface area contributed by atoms with Crippen LogP contribution >= 0.6 is 0 Å². The Bertz CT molecular complexity index is 1340. The van der Waals surface area contributed by atoms with Gasteiger partial charge in [-0.15, -0.1) is 0 Å². The molecule has 1 N–H and O–H groups in total. The fourth-order valence-corrected chi connectivity index (χ4v) is 5.40. The van der Waals surface area contributed by atoms with Crippen molar-refractivity contribution in [2.24, 2.45) is 0 Å². The second-order valence-electron chi connectivity index (χ2n) is 10.7. The van der Waals surface area contributed by atoms with Gasteiger partial charge in [-0.25, -0.2) is 0 Å². The number of rotatable bonds is 5. The predicted octanol–water partition coefficient (Wildman–Crippen LogP) is 5.21. The molecule has 6 heteroatoms. The van der Waals surface area contributed by atoms with Gasteiger partial charge in [-0.3, -0.25) is 9.59 Å². The predicted molar refractivity (Wildman–Crippen MR) is 155 cm³/mol. The molecule has 6 nitrogen and oxygen atoms in total. The highest BCUT2D eigenvalue weighted by atomic mass is 16.5. The Labute approximate surface area is 236 Å². The number of carbonyl (C=O) groups is 2. The number of nitrogens with zero attached hydrogens (tertiary/aromatic N) is 2. The Balaban J connectivity index is 1.05. The largest absolute Gasteiger partial charge is 0.508 e. The lowest BCUT2D eigenvalue weighted by molar-refractivity contribution is -0.136. The summed E-state index contributed by atoms with van der Waals surface area (Å²) < 4.78 is 6.41. The maximum atomic E-state index is 13.1. The van der Waals surface area contributed by atoms with E-state index in [1.54, 1.807) is 12.1 Å².